The Hall–Kier alpha value is -5.02. The standard InChI is InChI=1S/C43H51ClN4O10.C2H6/c1-23-10-9-11-33(55-8)43(53)20-32(56-37(50)21-43)24(2)39-42(4,58-39)34(19-36(49)48(6)30-15-26(14-23)16-31(54-7)38(30)44)57-41(52)25(3)47(5)40(51)28-13-12-27-18-35(45)46-22-29(27)17-28;1-2/h9-13,15-18,22,24-25,32-34,39,53H,14,19-21H2,1-8H3,(H2,45,46);1-2H3/b11-9+,23-10+;/t24-,25+,32+,33-,34+,39+,42+,43-;/m1./s1. The number of hydrogen-bond acceptors (Lipinski definition) is 12. The quantitative estimate of drug-likeness (QED) is 0.211. The summed E-state index contributed by atoms with van der Waals surface area (Å²) in [5.74, 6) is -2.06. The van der Waals surface area contributed by atoms with Crippen LogP contribution in [0.1, 0.15) is 76.7 Å². The summed E-state index contributed by atoms with van der Waals surface area (Å²) in [4.78, 5) is 61.8. The van der Waals surface area contributed by atoms with Gasteiger partial charge >= 0.3 is 11.9 Å². The van der Waals surface area contributed by atoms with E-state index < -0.39 is 71.3 Å². The van der Waals surface area contributed by atoms with Gasteiger partial charge in [0.15, 0.2) is 0 Å². The van der Waals surface area contributed by atoms with Crippen LogP contribution in [-0.2, 0) is 39.8 Å². The van der Waals surface area contributed by atoms with E-state index in [1.54, 1.807) is 68.7 Å². The predicted octanol–water partition coefficient (Wildman–Crippen LogP) is 6.23. The highest BCUT2D eigenvalue weighted by Crippen LogP contribution is 2.50. The summed E-state index contributed by atoms with van der Waals surface area (Å²) in [5.41, 5.74) is 5.43. The Morgan fingerprint density at radius 3 is 2.53 bits per heavy atom. The van der Waals surface area contributed by atoms with Gasteiger partial charge in [0.05, 0.1) is 31.7 Å². The van der Waals surface area contributed by atoms with Crippen LogP contribution in [-0.4, -0.2) is 109 Å². The number of esters is 2. The lowest BCUT2D eigenvalue weighted by Gasteiger charge is -2.41. The summed E-state index contributed by atoms with van der Waals surface area (Å²) in [6.45, 7) is 11.0. The van der Waals surface area contributed by atoms with E-state index in [0.717, 1.165) is 16.5 Å². The number of halogens is 1. The number of rotatable bonds is 6. The van der Waals surface area contributed by atoms with Crippen LogP contribution in [0.3, 0.4) is 0 Å². The third-order valence-corrected chi connectivity index (χ3v) is 12.1. The van der Waals surface area contributed by atoms with Gasteiger partial charge in [-0.2, -0.15) is 0 Å². The number of nitrogens with zero attached hydrogens (tertiary/aromatic N) is 3. The summed E-state index contributed by atoms with van der Waals surface area (Å²) < 4.78 is 29.6. The Labute approximate surface area is 356 Å². The molecule has 4 bridgehead atoms. The number of nitrogens with two attached hydrogens (primary N) is 1. The van der Waals surface area contributed by atoms with Gasteiger partial charge in [0.1, 0.15) is 52.1 Å². The maximum Gasteiger partial charge on any atom is 0.328 e. The second-order valence-electron chi connectivity index (χ2n) is 15.8. The summed E-state index contributed by atoms with van der Waals surface area (Å²) in [6, 6.07) is 9.27. The lowest BCUT2D eigenvalue weighted by molar-refractivity contribution is -0.187. The van der Waals surface area contributed by atoms with E-state index in [4.69, 9.17) is 41.0 Å². The first kappa shape index (κ1) is 46.1. The van der Waals surface area contributed by atoms with Crippen LogP contribution in [0, 0.1) is 5.92 Å². The van der Waals surface area contributed by atoms with Crippen molar-refractivity contribution in [2.75, 3.05) is 38.9 Å². The molecule has 3 aliphatic rings. The molecule has 0 saturated carbocycles. The molecule has 324 valence electrons. The number of carbonyl (C=O) groups excluding carboxylic acids is 4. The third kappa shape index (κ3) is 9.62. The Bertz CT molecular complexity index is 2180. The van der Waals surface area contributed by atoms with Crippen LogP contribution in [0.25, 0.3) is 10.8 Å². The maximum absolute atomic E-state index is 14.3. The van der Waals surface area contributed by atoms with Crippen molar-refractivity contribution in [2.24, 2.45) is 5.92 Å². The van der Waals surface area contributed by atoms with Crippen LogP contribution >= 0.6 is 11.6 Å². The average molecular weight is 849 g/mol. The van der Waals surface area contributed by atoms with Gasteiger partial charge in [-0.3, -0.25) is 14.4 Å². The van der Waals surface area contributed by atoms with E-state index in [1.165, 1.54) is 38.0 Å². The highest BCUT2D eigenvalue weighted by Gasteiger charge is 2.64. The van der Waals surface area contributed by atoms with E-state index >= 15 is 0 Å². The van der Waals surface area contributed by atoms with Crippen molar-refractivity contribution < 1.29 is 48.0 Å². The monoisotopic (exact) mass is 848 g/mol. The molecule has 3 aliphatic heterocycles. The average Bonchev–Trinajstić information content (AvgIpc) is 3.92. The SMILES string of the molecule is CC.COc1cc2cc(c1Cl)N(C)C(=O)C[C@H](OC(=O)[C@H](C)N(C)C(=O)c1ccc3cc(N)ncc3c1)[C@]1(C)O[C@H]1[C@H](C)[C@@H]1C[C@@](O)(CC(=O)O1)[C@H](OC)/C=C/C=C(\C)C2. The smallest absolute Gasteiger partial charge is 0.328 e. The van der Waals surface area contributed by atoms with Crippen molar-refractivity contribution in [3.05, 3.63) is 82.5 Å². The number of allylic oxidation sites excluding steroid dienone is 3. The molecule has 2 saturated heterocycles. The topological polar surface area (TPSA) is 183 Å². The van der Waals surface area contributed by atoms with Crippen molar-refractivity contribution >= 4 is 57.6 Å². The third-order valence-electron chi connectivity index (χ3n) is 11.7. The molecule has 0 unspecified atom stereocenters. The molecule has 2 amide bonds. The zero-order chi connectivity index (χ0) is 44.3. The highest BCUT2D eigenvalue weighted by atomic mass is 35.5. The fourth-order valence-corrected chi connectivity index (χ4v) is 8.24. The molecule has 6 rings (SSSR count). The van der Waals surface area contributed by atoms with E-state index in [9.17, 15) is 24.3 Å². The normalized spacial score (nSPS) is 28.8. The molecular formula is C45H57ClN4O10. The largest absolute Gasteiger partial charge is 0.495 e. The van der Waals surface area contributed by atoms with Crippen LogP contribution in [0.5, 0.6) is 5.75 Å². The number of anilines is 2. The Morgan fingerprint density at radius 1 is 1.13 bits per heavy atom. The molecule has 4 heterocycles. The zero-order valence-electron chi connectivity index (χ0n) is 36.0. The predicted molar refractivity (Wildman–Crippen MR) is 229 cm³/mol. The van der Waals surface area contributed by atoms with Crippen molar-refractivity contribution in [3.8, 4) is 5.75 Å². The second kappa shape index (κ2) is 18.7. The van der Waals surface area contributed by atoms with Gasteiger partial charge in [-0.25, -0.2) is 9.78 Å². The lowest BCUT2D eigenvalue weighted by atomic mass is 9.78. The number of likely N-dealkylation sites (N-methyl/N-ethyl adjacent to an activating group) is 1. The van der Waals surface area contributed by atoms with Gasteiger partial charge < -0.3 is 44.3 Å². The summed E-state index contributed by atoms with van der Waals surface area (Å²) in [7, 11) is 6.02. The number of carbonyl (C=O) groups is 4. The van der Waals surface area contributed by atoms with Gasteiger partial charge in [0, 0.05) is 50.7 Å². The first-order valence-corrected chi connectivity index (χ1v) is 20.5. The molecule has 15 heteroatoms. The highest BCUT2D eigenvalue weighted by molar-refractivity contribution is 6.35. The van der Waals surface area contributed by atoms with Gasteiger partial charge in [-0.05, 0) is 68.5 Å². The minimum absolute atomic E-state index is 0.0415. The summed E-state index contributed by atoms with van der Waals surface area (Å²) in [5, 5.41) is 13.6. The van der Waals surface area contributed by atoms with Crippen LogP contribution in [0.2, 0.25) is 5.02 Å². The molecule has 1 aromatic heterocycles. The van der Waals surface area contributed by atoms with Crippen molar-refractivity contribution in [1.82, 2.24) is 9.88 Å². The van der Waals surface area contributed by atoms with Crippen molar-refractivity contribution in [1.29, 1.82) is 0 Å². The zero-order valence-corrected chi connectivity index (χ0v) is 36.7. The Kier molecular flexibility index (Phi) is 14.4. The molecule has 0 aliphatic carbocycles. The van der Waals surface area contributed by atoms with Gasteiger partial charge in [-0.15, -0.1) is 0 Å². The minimum atomic E-state index is -1.60. The Morgan fingerprint density at radius 2 is 1.85 bits per heavy atom. The fourth-order valence-electron chi connectivity index (χ4n) is 7.93. The second-order valence-corrected chi connectivity index (χ2v) is 16.2. The van der Waals surface area contributed by atoms with E-state index in [2.05, 4.69) is 4.98 Å². The Balaban J connectivity index is 0.00000336. The number of methoxy groups -OCH3 is 2. The van der Waals surface area contributed by atoms with Crippen LogP contribution in [0.4, 0.5) is 11.5 Å². The number of hydrogen-bond donors (Lipinski definition) is 2. The number of ether oxygens (including phenoxy) is 5. The number of aromatic nitrogens is 1. The number of nitrogen functional groups attached to an aromatic ring is 1. The molecule has 2 fully saturated rings. The number of fused-ring (bicyclic) bond motifs is 6. The number of pyridine rings is 1. The first-order chi connectivity index (χ1) is 28.4. The molecule has 14 nitrogen and oxygen atoms in total. The molecule has 0 radical (unpaired) electrons. The van der Waals surface area contributed by atoms with Gasteiger partial charge in [-0.1, -0.05) is 62.2 Å². The maximum atomic E-state index is 14.3. The minimum Gasteiger partial charge on any atom is -0.495 e. The summed E-state index contributed by atoms with van der Waals surface area (Å²) >= 11 is 6.80. The van der Waals surface area contributed by atoms with Gasteiger partial charge in [0.25, 0.3) is 5.91 Å². The lowest BCUT2D eigenvalue weighted by Crippen LogP contribution is -2.53. The molecule has 60 heavy (non-hydrogen) atoms. The molecule has 3 aromatic rings. The van der Waals surface area contributed by atoms with Gasteiger partial charge in [0.2, 0.25) is 5.91 Å². The molecule has 2 aromatic carbocycles. The van der Waals surface area contributed by atoms with E-state index in [1.807, 2.05) is 33.8 Å². The number of aliphatic hydroxyl groups is 1. The number of amides is 2. The van der Waals surface area contributed by atoms with Crippen molar-refractivity contribution in [2.45, 2.75) is 109 Å². The molecule has 0 spiro atoms. The first-order valence-electron chi connectivity index (χ1n) is 20.1. The van der Waals surface area contributed by atoms with E-state index in [-0.39, 0.29) is 24.3 Å². The number of benzene rings is 2. The summed E-state index contributed by atoms with van der Waals surface area (Å²) in [6.07, 6.45) is 3.33. The molecular weight excluding hydrogens is 792 g/mol. The molecule has 8 atom stereocenters. The van der Waals surface area contributed by atoms with Crippen LogP contribution < -0.4 is 15.4 Å². The van der Waals surface area contributed by atoms with Crippen LogP contribution in [0.15, 0.2) is 66.4 Å². The van der Waals surface area contributed by atoms with E-state index in [0.29, 0.717) is 34.6 Å². The van der Waals surface area contributed by atoms with Crippen molar-refractivity contribution in [3.63, 3.8) is 0 Å². The molecule has 3 N–H and O–H groups in total. The number of epoxide rings is 1. The fraction of sp³-hybridized carbons (Fsp3) is 0.489.